The first kappa shape index (κ1) is 15.0. The van der Waals surface area contributed by atoms with E-state index < -0.39 is 0 Å². The minimum Gasteiger partial charge on any atom is -0.484 e. The molecule has 0 spiro atoms. The van der Waals surface area contributed by atoms with Gasteiger partial charge in [-0.3, -0.25) is 4.79 Å². The van der Waals surface area contributed by atoms with E-state index in [0.717, 1.165) is 10.0 Å². The second-order valence-corrected chi connectivity index (χ2v) is 4.62. The Morgan fingerprint density at radius 2 is 2.06 bits per heavy atom. The average Bonchev–Trinajstić information content (AvgIpc) is 2.39. The Labute approximate surface area is 116 Å². The second-order valence-electron chi connectivity index (χ2n) is 3.77. The molecule has 0 radical (unpaired) electrons. The van der Waals surface area contributed by atoms with Gasteiger partial charge in [-0.05, 0) is 37.6 Å². The fourth-order valence-electron chi connectivity index (χ4n) is 1.57. The molecule has 4 nitrogen and oxygen atoms in total. The molecule has 0 saturated heterocycles. The Kier molecular flexibility index (Phi) is 6.15. The number of likely N-dealkylation sites (N-methyl/N-ethyl adjacent to an activating group) is 1. The van der Waals surface area contributed by atoms with Crippen LogP contribution < -0.4 is 4.74 Å². The molecule has 1 aromatic carbocycles. The summed E-state index contributed by atoms with van der Waals surface area (Å²) in [7, 11) is 0. The highest BCUT2D eigenvalue weighted by atomic mass is 79.9. The Hall–Kier alpha value is -1.07. The molecular formula is C13H18BrNO3. The molecule has 0 aromatic heterocycles. The number of halogens is 1. The summed E-state index contributed by atoms with van der Waals surface area (Å²) < 4.78 is 6.25. The van der Waals surface area contributed by atoms with Gasteiger partial charge in [-0.25, -0.2) is 0 Å². The molecule has 0 atom stereocenters. The summed E-state index contributed by atoms with van der Waals surface area (Å²) in [5.74, 6) is 0.552. The molecule has 0 unspecified atom stereocenters. The molecule has 0 aliphatic carbocycles. The van der Waals surface area contributed by atoms with Crippen molar-refractivity contribution in [2.45, 2.75) is 20.5 Å². The van der Waals surface area contributed by atoms with Crippen LogP contribution in [0.4, 0.5) is 0 Å². The zero-order valence-corrected chi connectivity index (χ0v) is 12.2. The number of aliphatic hydroxyl groups is 1. The Morgan fingerprint density at radius 3 is 2.61 bits per heavy atom. The molecule has 0 bridgehead atoms. The van der Waals surface area contributed by atoms with Crippen molar-refractivity contribution in [1.29, 1.82) is 0 Å². The van der Waals surface area contributed by atoms with Crippen molar-refractivity contribution in [3.8, 4) is 5.75 Å². The van der Waals surface area contributed by atoms with Crippen molar-refractivity contribution in [3.05, 3.63) is 28.2 Å². The van der Waals surface area contributed by atoms with E-state index in [4.69, 9.17) is 9.84 Å². The van der Waals surface area contributed by atoms with Gasteiger partial charge in [0.25, 0.3) is 5.91 Å². The van der Waals surface area contributed by atoms with Crippen LogP contribution in [0, 0.1) is 0 Å². The lowest BCUT2D eigenvalue weighted by Gasteiger charge is -2.18. The van der Waals surface area contributed by atoms with Crippen molar-refractivity contribution in [2.24, 2.45) is 0 Å². The predicted molar refractivity (Wildman–Crippen MR) is 73.5 cm³/mol. The van der Waals surface area contributed by atoms with Crippen LogP contribution in [0.5, 0.6) is 5.75 Å². The lowest BCUT2D eigenvalue weighted by atomic mass is 10.2. The number of aliphatic hydroxyl groups excluding tert-OH is 1. The number of rotatable bonds is 6. The molecule has 0 heterocycles. The maximum absolute atomic E-state index is 11.7. The van der Waals surface area contributed by atoms with Gasteiger partial charge in [-0.2, -0.15) is 0 Å². The smallest absolute Gasteiger partial charge is 0.260 e. The third-order valence-corrected chi connectivity index (χ3v) is 3.44. The molecule has 0 aliphatic heterocycles. The number of carbonyl (C=O) groups is 1. The van der Waals surface area contributed by atoms with Crippen molar-refractivity contribution < 1.29 is 14.6 Å². The number of hydrogen-bond donors (Lipinski definition) is 1. The molecule has 1 N–H and O–H groups in total. The van der Waals surface area contributed by atoms with Gasteiger partial charge < -0.3 is 14.7 Å². The first-order valence-corrected chi connectivity index (χ1v) is 6.71. The number of ether oxygens (including phenoxy) is 1. The second kappa shape index (κ2) is 7.38. The van der Waals surface area contributed by atoms with Crippen LogP contribution in [0.2, 0.25) is 0 Å². The third-order valence-electron chi connectivity index (χ3n) is 2.67. The summed E-state index contributed by atoms with van der Waals surface area (Å²) in [5.41, 5.74) is 0.739. The van der Waals surface area contributed by atoms with Crippen LogP contribution >= 0.6 is 15.9 Å². The van der Waals surface area contributed by atoms with E-state index in [1.54, 1.807) is 23.1 Å². The van der Waals surface area contributed by atoms with E-state index in [1.807, 2.05) is 13.8 Å². The highest BCUT2D eigenvalue weighted by Crippen LogP contribution is 2.22. The molecule has 0 aliphatic rings. The summed E-state index contributed by atoms with van der Waals surface area (Å²) in [6.07, 6.45) is 0. The zero-order valence-electron chi connectivity index (χ0n) is 10.6. The maximum Gasteiger partial charge on any atom is 0.260 e. The highest BCUT2D eigenvalue weighted by molar-refractivity contribution is 9.10. The third kappa shape index (κ3) is 3.99. The maximum atomic E-state index is 11.7. The van der Waals surface area contributed by atoms with Gasteiger partial charge in [-0.1, -0.05) is 15.9 Å². The Bertz CT molecular complexity index is 405. The lowest BCUT2D eigenvalue weighted by molar-refractivity contribution is -0.132. The number of amides is 1. The normalized spacial score (nSPS) is 10.2. The molecule has 1 aromatic rings. The highest BCUT2D eigenvalue weighted by Gasteiger charge is 2.10. The number of nitrogens with zero attached hydrogens (tertiary/aromatic N) is 1. The summed E-state index contributed by atoms with van der Waals surface area (Å²) in [4.78, 5) is 13.5. The number of carbonyl (C=O) groups excluding carboxylic acids is 1. The topological polar surface area (TPSA) is 49.8 Å². The lowest BCUT2D eigenvalue weighted by Crippen LogP contribution is -2.34. The van der Waals surface area contributed by atoms with Crippen molar-refractivity contribution in [3.63, 3.8) is 0 Å². The average molecular weight is 316 g/mol. The van der Waals surface area contributed by atoms with Crippen molar-refractivity contribution in [2.75, 3.05) is 19.7 Å². The van der Waals surface area contributed by atoms with Gasteiger partial charge in [0.05, 0.1) is 6.61 Å². The first-order valence-electron chi connectivity index (χ1n) is 5.92. The molecule has 100 valence electrons. The fraction of sp³-hybridized carbons (Fsp3) is 0.462. The standard InChI is InChI=1S/C13H18BrNO3/c1-3-15(4-2)13(17)9-18-11-5-6-12(14)10(7-11)8-16/h5-7,16H,3-4,8-9H2,1-2H3. The fourth-order valence-corrected chi connectivity index (χ4v) is 1.95. The Morgan fingerprint density at radius 1 is 1.39 bits per heavy atom. The first-order chi connectivity index (χ1) is 8.62. The van der Waals surface area contributed by atoms with E-state index in [0.29, 0.717) is 18.8 Å². The minimum atomic E-state index is -0.0677. The van der Waals surface area contributed by atoms with Crippen LogP contribution in [0.1, 0.15) is 19.4 Å². The summed E-state index contributed by atoms with van der Waals surface area (Å²) in [5, 5.41) is 9.12. The van der Waals surface area contributed by atoms with Crippen molar-refractivity contribution >= 4 is 21.8 Å². The minimum absolute atomic E-state index is 0.0220. The van der Waals surface area contributed by atoms with Gasteiger partial charge in [0.2, 0.25) is 0 Å². The van der Waals surface area contributed by atoms with E-state index in [2.05, 4.69) is 15.9 Å². The quantitative estimate of drug-likeness (QED) is 0.875. The molecule has 0 fully saturated rings. The van der Waals surface area contributed by atoms with Crippen LogP contribution in [0.25, 0.3) is 0 Å². The summed E-state index contributed by atoms with van der Waals surface area (Å²) >= 11 is 3.33. The Balaban J connectivity index is 2.61. The van der Waals surface area contributed by atoms with E-state index in [-0.39, 0.29) is 19.1 Å². The predicted octanol–water partition coefficient (Wildman–Crippen LogP) is 2.19. The molecule has 1 amide bonds. The zero-order chi connectivity index (χ0) is 13.5. The van der Waals surface area contributed by atoms with Crippen LogP contribution in [-0.4, -0.2) is 35.6 Å². The number of hydrogen-bond acceptors (Lipinski definition) is 3. The van der Waals surface area contributed by atoms with Crippen LogP contribution in [0.3, 0.4) is 0 Å². The monoisotopic (exact) mass is 315 g/mol. The van der Waals surface area contributed by atoms with Crippen molar-refractivity contribution in [1.82, 2.24) is 4.90 Å². The largest absolute Gasteiger partial charge is 0.484 e. The van der Waals surface area contributed by atoms with Gasteiger partial charge >= 0.3 is 0 Å². The molecular weight excluding hydrogens is 298 g/mol. The molecule has 1 rings (SSSR count). The van der Waals surface area contributed by atoms with E-state index in [9.17, 15) is 4.79 Å². The van der Waals surface area contributed by atoms with E-state index in [1.165, 1.54) is 0 Å². The molecule has 18 heavy (non-hydrogen) atoms. The van der Waals surface area contributed by atoms with Crippen LogP contribution in [0.15, 0.2) is 22.7 Å². The number of benzene rings is 1. The molecule has 0 saturated carbocycles. The van der Waals surface area contributed by atoms with Gasteiger partial charge in [-0.15, -0.1) is 0 Å². The van der Waals surface area contributed by atoms with Crippen LogP contribution in [-0.2, 0) is 11.4 Å². The van der Waals surface area contributed by atoms with E-state index >= 15 is 0 Å². The van der Waals surface area contributed by atoms with Gasteiger partial charge in [0.1, 0.15) is 5.75 Å². The summed E-state index contributed by atoms with van der Waals surface area (Å²) in [6.45, 7) is 5.19. The summed E-state index contributed by atoms with van der Waals surface area (Å²) in [6, 6.07) is 5.28. The van der Waals surface area contributed by atoms with Gasteiger partial charge in [0, 0.05) is 17.6 Å². The van der Waals surface area contributed by atoms with Gasteiger partial charge in [0.15, 0.2) is 6.61 Å². The SMILES string of the molecule is CCN(CC)C(=O)COc1ccc(Br)c(CO)c1. The molecule has 5 heteroatoms.